The van der Waals surface area contributed by atoms with Gasteiger partial charge in [0.25, 0.3) is 5.91 Å². The van der Waals surface area contributed by atoms with Crippen molar-refractivity contribution in [3.63, 3.8) is 0 Å². The van der Waals surface area contributed by atoms with Gasteiger partial charge in [0.15, 0.2) is 5.60 Å². The highest BCUT2D eigenvalue weighted by Gasteiger charge is 2.30. The molecule has 2 rings (SSSR count). The zero-order valence-electron chi connectivity index (χ0n) is 15.4. The van der Waals surface area contributed by atoms with Gasteiger partial charge in [-0.2, -0.15) is 0 Å². The zero-order valence-corrected chi connectivity index (χ0v) is 16.2. The maximum absolute atomic E-state index is 12.6. The number of ether oxygens (including phenoxy) is 3. The summed E-state index contributed by atoms with van der Waals surface area (Å²) in [5.74, 6) is 1.07. The lowest BCUT2D eigenvalue weighted by molar-refractivity contribution is -0.134. The van der Waals surface area contributed by atoms with Crippen LogP contribution in [0.5, 0.6) is 11.5 Å². The Morgan fingerprint density at radius 2 is 1.81 bits per heavy atom. The first-order valence-corrected chi connectivity index (χ1v) is 8.63. The minimum Gasteiger partial charge on any atom is -0.497 e. The number of halogens is 1. The van der Waals surface area contributed by atoms with Crippen LogP contribution in [0.1, 0.15) is 25.5 Å². The van der Waals surface area contributed by atoms with Gasteiger partial charge in [-0.3, -0.25) is 4.79 Å². The fourth-order valence-corrected chi connectivity index (χ4v) is 2.55. The molecule has 0 spiro atoms. The van der Waals surface area contributed by atoms with Crippen LogP contribution in [0.15, 0.2) is 48.5 Å². The van der Waals surface area contributed by atoms with Crippen LogP contribution < -0.4 is 14.8 Å². The van der Waals surface area contributed by atoms with Gasteiger partial charge >= 0.3 is 0 Å². The molecule has 0 aliphatic rings. The molecule has 1 unspecified atom stereocenters. The van der Waals surface area contributed by atoms with Gasteiger partial charge in [0.05, 0.1) is 13.2 Å². The summed E-state index contributed by atoms with van der Waals surface area (Å²) in [6.45, 7) is 3.74. The van der Waals surface area contributed by atoms with Gasteiger partial charge in [0, 0.05) is 18.7 Å². The molecule has 0 radical (unpaired) electrons. The third kappa shape index (κ3) is 5.38. The van der Waals surface area contributed by atoms with Crippen molar-refractivity contribution in [1.82, 2.24) is 5.32 Å². The molecule has 0 saturated heterocycles. The van der Waals surface area contributed by atoms with E-state index in [4.69, 9.17) is 25.8 Å². The van der Waals surface area contributed by atoms with Gasteiger partial charge in [-0.25, -0.2) is 0 Å². The molecule has 26 heavy (non-hydrogen) atoms. The van der Waals surface area contributed by atoms with Gasteiger partial charge in [-0.05, 0) is 55.8 Å². The Bertz CT molecular complexity index is 731. The van der Waals surface area contributed by atoms with Crippen LogP contribution in [0.4, 0.5) is 0 Å². The Balaban J connectivity index is 1.99. The topological polar surface area (TPSA) is 56.8 Å². The average Bonchev–Trinajstić information content (AvgIpc) is 2.64. The van der Waals surface area contributed by atoms with Crippen molar-refractivity contribution < 1.29 is 19.0 Å². The molecule has 1 amide bonds. The van der Waals surface area contributed by atoms with Crippen molar-refractivity contribution >= 4 is 17.5 Å². The standard InChI is InChI=1S/C20H24ClNO4/c1-20(2,26-16-10-8-15(21)9-11-16)19(23)22-13-18(25-4)14-6-5-7-17(12-14)24-3/h5-12,18H,13H2,1-4H3,(H,22,23). The van der Waals surface area contributed by atoms with Crippen LogP contribution >= 0.6 is 11.6 Å². The molecule has 2 aromatic rings. The number of benzene rings is 2. The van der Waals surface area contributed by atoms with E-state index in [0.29, 0.717) is 17.3 Å². The second-order valence-electron chi connectivity index (χ2n) is 6.28. The largest absolute Gasteiger partial charge is 0.497 e. The van der Waals surface area contributed by atoms with Crippen molar-refractivity contribution in [1.29, 1.82) is 0 Å². The highest BCUT2D eigenvalue weighted by atomic mass is 35.5. The molecule has 5 nitrogen and oxygen atoms in total. The molecule has 1 atom stereocenters. The summed E-state index contributed by atoms with van der Waals surface area (Å²) in [5.41, 5.74) is -0.121. The molecule has 0 aliphatic carbocycles. The van der Waals surface area contributed by atoms with Crippen LogP contribution in [0.2, 0.25) is 5.02 Å². The van der Waals surface area contributed by atoms with Crippen molar-refractivity contribution in [3.05, 3.63) is 59.1 Å². The monoisotopic (exact) mass is 377 g/mol. The molecular formula is C20H24ClNO4. The molecular weight excluding hydrogens is 354 g/mol. The van der Waals surface area contributed by atoms with Crippen LogP contribution in [0, 0.1) is 0 Å². The van der Waals surface area contributed by atoms with Crippen LogP contribution in [-0.4, -0.2) is 32.3 Å². The van der Waals surface area contributed by atoms with Crippen molar-refractivity contribution in [2.24, 2.45) is 0 Å². The van der Waals surface area contributed by atoms with E-state index in [9.17, 15) is 4.79 Å². The van der Waals surface area contributed by atoms with E-state index in [2.05, 4.69) is 5.32 Å². The second-order valence-corrected chi connectivity index (χ2v) is 6.71. The van der Waals surface area contributed by atoms with E-state index >= 15 is 0 Å². The smallest absolute Gasteiger partial charge is 0.263 e. The summed E-state index contributed by atoms with van der Waals surface area (Å²) in [5, 5.41) is 3.50. The number of nitrogens with one attached hydrogen (secondary N) is 1. The number of carbonyl (C=O) groups excluding carboxylic acids is 1. The van der Waals surface area contributed by atoms with Crippen LogP contribution in [0.25, 0.3) is 0 Å². The maximum Gasteiger partial charge on any atom is 0.263 e. The fraction of sp³-hybridized carbons (Fsp3) is 0.350. The Kier molecular flexibility index (Phi) is 6.89. The first-order valence-electron chi connectivity index (χ1n) is 8.25. The minimum atomic E-state index is -1.04. The van der Waals surface area contributed by atoms with Crippen molar-refractivity contribution in [2.45, 2.75) is 25.6 Å². The fourth-order valence-electron chi connectivity index (χ4n) is 2.42. The number of hydrogen-bond acceptors (Lipinski definition) is 4. The minimum absolute atomic E-state index is 0.239. The molecule has 0 saturated carbocycles. The van der Waals surface area contributed by atoms with E-state index in [1.807, 2.05) is 24.3 Å². The normalized spacial score (nSPS) is 12.3. The molecule has 0 bridgehead atoms. The Labute approximate surface area is 159 Å². The summed E-state index contributed by atoms with van der Waals surface area (Å²) in [7, 11) is 3.21. The second kappa shape index (κ2) is 8.92. The molecule has 0 heterocycles. The molecule has 140 valence electrons. The number of hydrogen-bond donors (Lipinski definition) is 1. The Morgan fingerprint density at radius 1 is 1.12 bits per heavy atom. The van der Waals surface area contributed by atoms with E-state index in [1.54, 1.807) is 52.3 Å². The van der Waals surface area contributed by atoms with E-state index in [1.165, 1.54) is 0 Å². The molecule has 2 aromatic carbocycles. The van der Waals surface area contributed by atoms with Gasteiger partial charge in [-0.15, -0.1) is 0 Å². The predicted molar refractivity (Wildman–Crippen MR) is 102 cm³/mol. The SMILES string of the molecule is COc1cccc(C(CNC(=O)C(C)(C)Oc2ccc(Cl)cc2)OC)c1. The summed E-state index contributed by atoms with van der Waals surface area (Å²) in [6, 6.07) is 14.4. The zero-order chi connectivity index (χ0) is 19.2. The van der Waals surface area contributed by atoms with E-state index < -0.39 is 5.60 Å². The summed E-state index contributed by atoms with van der Waals surface area (Å²) in [6.07, 6.45) is -0.291. The average molecular weight is 378 g/mol. The van der Waals surface area contributed by atoms with E-state index in [0.717, 1.165) is 11.3 Å². The first kappa shape index (κ1) is 20.1. The summed E-state index contributed by atoms with van der Waals surface area (Å²) >= 11 is 5.87. The number of methoxy groups -OCH3 is 2. The number of amides is 1. The Hall–Kier alpha value is -2.24. The van der Waals surface area contributed by atoms with Gasteiger partial charge < -0.3 is 19.5 Å². The third-order valence-corrected chi connectivity index (χ3v) is 4.18. The lowest BCUT2D eigenvalue weighted by atomic mass is 10.1. The molecule has 0 fully saturated rings. The maximum atomic E-state index is 12.6. The van der Waals surface area contributed by atoms with Crippen molar-refractivity contribution in [3.8, 4) is 11.5 Å². The third-order valence-electron chi connectivity index (χ3n) is 3.93. The van der Waals surface area contributed by atoms with Crippen molar-refractivity contribution in [2.75, 3.05) is 20.8 Å². The van der Waals surface area contributed by atoms with E-state index in [-0.39, 0.29) is 12.0 Å². The number of rotatable bonds is 8. The number of carbonyl (C=O) groups is 1. The van der Waals surface area contributed by atoms with Crippen LogP contribution in [0.3, 0.4) is 0 Å². The quantitative estimate of drug-likeness (QED) is 0.755. The lowest BCUT2D eigenvalue weighted by Crippen LogP contribution is -2.47. The van der Waals surface area contributed by atoms with Gasteiger partial charge in [0.1, 0.15) is 11.5 Å². The van der Waals surface area contributed by atoms with Crippen LogP contribution in [-0.2, 0) is 9.53 Å². The van der Waals surface area contributed by atoms with Gasteiger partial charge in [-0.1, -0.05) is 23.7 Å². The highest BCUT2D eigenvalue weighted by molar-refractivity contribution is 6.30. The molecule has 0 aliphatic heterocycles. The molecule has 6 heteroatoms. The molecule has 0 aromatic heterocycles. The molecule has 1 N–H and O–H groups in total. The summed E-state index contributed by atoms with van der Waals surface area (Å²) < 4.78 is 16.5. The first-order chi connectivity index (χ1) is 12.4. The predicted octanol–water partition coefficient (Wildman–Crippen LogP) is 4.01. The Morgan fingerprint density at radius 3 is 2.42 bits per heavy atom. The lowest BCUT2D eigenvalue weighted by Gasteiger charge is -2.26. The highest BCUT2D eigenvalue weighted by Crippen LogP contribution is 2.23. The van der Waals surface area contributed by atoms with Gasteiger partial charge in [0.2, 0.25) is 0 Å². The summed E-state index contributed by atoms with van der Waals surface area (Å²) in [4.78, 5) is 12.6.